The summed E-state index contributed by atoms with van der Waals surface area (Å²) in [5, 5.41) is 8.54. The smallest absolute Gasteiger partial charge is 0.328 e. The summed E-state index contributed by atoms with van der Waals surface area (Å²) in [4.78, 5) is 28.5. The van der Waals surface area contributed by atoms with Crippen molar-refractivity contribution in [1.82, 2.24) is 9.88 Å². The van der Waals surface area contributed by atoms with Crippen molar-refractivity contribution in [3.63, 3.8) is 0 Å². The largest absolute Gasteiger partial charge is 0.478 e. The molecule has 1 amide bonds. The number of hydrogen-bond donors (Lipinski definition) is 1. The van der Waals surface area contributed by atoms with E-state index < -0.39 is 5.97 Å². The van der Waals surface area contributed by atoms with Crippen LogP contribution in [-0.2, 0) is 9.53 Å². The van der Waals surface area contributed by atoms with Crippen molar-refractivity contribution in [2.45, 2.75) is 13.0 Å². The van der Waals surface area contributed by atoms with Gasteiger partial charge in [0.1, 0.15) is 5.69 Å². The third-order valence-corrected chi connectivity index (χ3v) is 3.05. The van der Waals surface area contributed by atoms with Crippen LogP contribution in [0.5, 0.6) is 0 Å². The Morgan fingerprint density at radius 1 is 1.50 bits per heavy atom. The van der Waals surface area contributed by atoms with Gasteiger partial charge in [-0.1, -0.05) is 6.07 Å². The highest BCUT2D eigenvalue weighted by Gasteiger charge is 2.25. The van der Waals surface area contributed by atoms with Gasteiger partial charge >= 0.3 is 5.97 Å². The summed E-state index contributed by atoms with van der Waals surface area (Å²) in [5.41, 5.74) is 0.991. The van der Waals surface area contributed by atoms with Gasteiger partial charge in [0.2, 0.25) is 0 Å². The minimum Gasteiger partial charge on any atom is -0.478 e. The number of aromatic nitrogens is 1. The molecule has 6 heteroatoms. The minimum atomic E-state index is -1.02. The van der Waals surface area contributed by atoms with Gasteiger partial charge in [-0.25, -0.2) is 4.79 Å². The molecule has 1 aliphatic rings. The Balaban J connectivity index is 2.09. The van der Waals surface area contributed by atoms with Crippen molar-refractivity contribution in [1.29, 1.82) is 0 Å². The zero-order chi connectivity index (χ0) is 14.5. The number of carbonyl (C=O) groups excluding carboxylic acids is 1. The molecule has 1 atom stereocenters. The molecule has 6 nitrogen and oxygen atoms in total. The molecule has 2 rings (SSSR count). The van der Waals surface area contributed by atoms with Gasteiger partial charge in [0.25, 0.3) is 5.91 Å². The normalized spacial score (nSPS) is 19.2. The van der Waals surface area contributed by atoms with Crippen LogP contribution in [0.2, 0.25) is 0 Å². The molecule has 1 N–H and O–H groups in total. The van der Waals surface area contributed by atoms with Gasteiger partial charge in [0, 0.05) is 18.8 Å². The van der Waals surface area contributed by atoms with E-state index in [-0.39, 0.29) is 11.9 Å². The molecule has 1 aromatic heterocycles. The van der Waals surface area contributed by atoms with Gasteiger partial charge < -0.3 is 14.7 Å². The fourth-order valence-corrected chi connectivity index (χ4v) is 1.97. The lowest BCUT2D eigenvalue weighted by Gasteiger charge is -2.33. The average molecular weight is 276 g/mol. The maximum absolute atomic E-state index is 12.3. The van der Waals surface area contributed by atoms with Crippen LogP contribution in [0.1, 0.15) is 23.0 Å². The van der Waals surface area contributed by atoms with Crippen LogP contribution < -0.4 is 0 Å². The summed E-state index contributed by atoms with van der Waals surface area (Å²) >= 11 is 0. The maximum atomic E-state index is 12.3. The van der Waals surface area contributed by atoms with E-state index in [1.54, 1.807) is 17.0 Å². The highest BCUT2D eigenvalue weighted by atomic mass is 16.5. The topological polar surface area (TPSA) is 79.7 Å². The maximum Gasteiger partial charge on any atom is 0.328 e. The molecule has 1 unspecified atom stereocenters. The predicted molar refractivity (Wildman–Crippen MR) is 72.2 cm³/mol. The molecule has 1 saturated heterocycles. The number of pyridine rings is 1. The van der Waals surface area contributed by atoms with E-state index in [4.69, 9.17) is 9.84 Å². The number of hydrogen-bond acceptors (Lipinski definition) is 4. The number of ether oxygens (including phenoxy) is 1. The fraction of sp³-hybridized carbons (Fsp3) is 0.357. The molecule has 0 radical (unpaired) electrons. The number of morpholine rings is 1. The lowest BCUT2D eigenvalue weighted by molar-refractivity contribution is -0.131. The van der Waals surface area contributed by atoms with Gasteiger partial charge in [-0.05, 0) is 24.6 Å². The van der Waals surface area contributed by atoms with Crippen LogP contribution >= 0.6 is 0 Å². The van der Waals surface area contributed by atoms with Crippen molar-refractivity contribution in [3.8, 4) is 0 Å². The van der Waals surface area contributed by atoms with Crippen LogP contribution in [0.4, 0.5) is 0 Å². The quantitative estimate of drug-likeness (QED) is 0.834. The van der Waals surface area contributed by atoms with Crippen molar-refractivity contribution in [2.24, 2.45) is 0 Å². The number of carbonyl (C=O) groups is 2. The molecule has 1 aliphatic heterocycles. The summed E-state index contributed by atoms with van der Waals surface area (Å²) in [6, 6.07) is 3.31. The molecule has 2 heterocycles. The van der Waals surface area contributed by atoms with Gasteiger partial charge in [-0.3, -0.25) is 9.78 Å². The second-order valence-electron chi connectivity index (χ2n) is 4.57. The van der Waals surface area contributed by atoms with E-state index in [0.717, 1.165) is 6.08 Å². The third kappa shape index (κ3) is 3.42. The van der Waals surface area contributed by atoms with Gasteiger partial charge in [-0.15, -0.1) is 0 Å². The standard InChI is InChI=1S/C14H16N2O4/c1-10-9-20-7-6-16(10)14(19)12-4-2-11(8-15-12)3-5-13(17)18/h2-5,8,10H,6-7,9H2,1H3,(H,17,18). The molecular weight excluding hydrogens is 260 g/mol. The second kappa shape index (κ2) is 6.29. The Labute approximate surface area is 116 Å². The Morgan fingerprint density at radius 2 is 2.30 bits per heavy atom. The molecule has 106 valence electrons. The first kappa shape index (κ1) is 14.2. The summed E-state index contributed by atoms with van der Waals surface area (Å²) in [6.07, 6.45) is 3.95. The summed E-state index contributed by atoms with van der Waals surface area (Å²) < 4.78 is 5.29. The van der Waals surface area contributed by atoms with Crippen LogP contribution in [0.3, 0.4) is 0 Å². The SMILES string of the molecule is CC1COCCN1C(=O)c1ccc(C=CC(=O)O)cn1. The minimum absolute atomic E-state index is 0.0321. The summed E-state index contributed by atoms with van der Waals surface area (Å²) in [6.45, 7) is 3.56. The number of nitrogens with zero attached hydrogens (tertiary/aromatic N) is 2. The fourth-order valence-electron chi connectivity index (χ4n) is 1.97. The van der Waals surface area contributed by atoms with Crippen LogP contribution in [-0.4, -0.2) is 52.7 Å². The van der Waals surface area contributed by atoms with E-state index in [0.29, 0.717) is 31.0 Å². The lowest BCUT2D eigenvalue weighted by Crippen LogP contribution is -2.47. The molecule has 1 fully saturated rings. The van der Waals surface area contributed by atoms with E-state index in [1.807, 2.05) is 6.92 Å². The number of aliphatic carboxylic acids is 1. The lowest BCUT2D eigenvalue weighted by atomic mass is 10.2. The van der Waals surface area contributed by atoms with Crippen LogP contribution in [0, 0.1) is 0 Å². The second-order valence-corrected chi connectivity index (χ2v) is 4.57. The Kier molecular flexibility index (Phi) is 4.47. The van der Waals surface area contributed by atoms with Crippen molar-refractivity contribution in [2.75, 3.05) is 19.8 Å². The van der Waals surface area contributed by atoms with Crippen molar-refractivity contribution < 1.29 is 19.4 Å². The molecule has 1 aromatic rings. The van der Waals surface area contributed by atoms with Crippen LogP contribution in [0.25, 0.3) is 6.08 Å². The number of rotatable bonds is 3. The summed E-state index contributed by atoms with van der Waals surface area (Å²) in [7, 11) is 0. The van der Waals surface area contributed by atoms with Crippen molar-refractivity contribution >= 4 is 18.0 Å². The first-order valence-corrected chi connectivity index (χ1v) is 6.33. The monoisotopic (exact) mass is 276 g/mol. The zero-order valence-corrected chi connectivity index (χ0v) is 11.2. The molecule has 20 heavy (non-hydrogen) atoms. The van der Waals surface area contributed by atoms with E-state index in [2.05, 4.69) is 4.98 Å². The van der Waals surface area contributed by atoms with Crippen LogP contribution in [0.15, 0.2) is 24.4 Å². The van der Waals surface area contributed by atoms with Gasteiger partial charge in [-0.2, -0.15) is 0 Å². The van der Waals surface area contributed by atoms with Crippen molar-refractivity contribution in [3.05, 3.63) is 35.7 Å². The highest BCUT2D eigenvalue weighted by Crippen LogP contribution is 2.11. The first-order valence-electron chi connectivity index (χ1n) is 6.33. The molecule has 0 aliphatic carbocycles. The first-order chi connectivity index (χ1) is 9.58. The number of amides is 1. The molecule has 0 spiro atoms. The highest BCUT2D eigenvalue weighted by molar-refractivity contribution is 5.92. The average Bonchev–Trinajstić information content (AvgIpc) is 2.45. The Morgan fingerprint density at radius 3 is 2.90 bits per heavy atom. The number of carboxylic acids is 1. The van der Waals surface area contributed by atoms with E-state index in [1.165, 1.54) is 12.3 Å². The Bertz CT molecular complexity index is 524. The molecule has 0 bridgehead atoms. The molecule has 0 aromatic carbocycles. The molecule has 0 saturated carbocycles. The van der Waals surface area contributed by atoms with E-state index in [9.17, 15) is 9.59 Å². The zero-order valence-electron chi connectivity index (χ0n) is 11.2. The number of carboxylic acid groups (broad SMARTS) is 1. The molecular formula is C14H16N2O4. The third-order valence-electron chi connectivity index (χ3n) is 3.05. The Hall–Kier alpha value is -2.21. The van der Waals surface area contributed by atoms with Gasteiger partial charge in [0.15, 0.2) is 0 Å². The summed E-state index contributed by atoms with van der Waals surface area (Å²) in [5.74, 6) is -1.15. The predicted octanol–water partition coefficient (Wildman–Crippen LogP) is 1.04. The van der Waals surface area contributed by atoms with E-state index >= 15 is 0 Å². The van der Waals surface area contributed by atoms with Gasteiger partial charge in [0.05, 0.1) is 19.3 Å².